The molecule has 0 saturated carbocycles. The number of aliphatic hydroxyl groups excluding tert-OH is 1. The van der Waals surface area contributed by atoms with Crippen LogP contribution in [0.3, 0.4) is 0 Å². The number of piperidine rings is 1. The molecule has 1 saturated heterocycles. The van der Waals surface area contributed by atoms with Crippen molar-refractivity contribution in [3.05, 3.63) is 24.0 Å². The fourth-order valence-corrected chi connectivity index (χ4v) is 2.16. The number of fused-ring (bicyclic) bond motifs is 1. The van der Waals surface area contributed by atoms with E-state index < -0.39 is 0 Å². The van der Waals surface area contributed by atoms with Gasteiger partial charge >= 0.3 is 0 Å². The monoisotopic (exact) mass is 179 g/mol. The average molecular weight is 179 g/mol. The molecule has 1 heterocycles. The van der Waals surface area contributed by atoms with Gasteiger partial charge in [-0.05, 0) is 18.9 Å². The molecule has 1 amide bonds. The van der Waals surface area contributed by atoms with Crippen molar-refractivity contribution >= 4 is 6.41 Å². The largest absolute Gasteiger partial charge is 0.510 e. The number of hydrogen-bond acceptors (Lipinski definition) is 2. The number of carbonyl (C=O) groups is 1. The van der Waals surface area contributed by atoms with E-state index in [9.17, 15) is 9.90 Å². The Bertz CT molecular complexity index is 264. The number of hydrogen-bond donors (Lipinski definition) is 1. The van der Waals surface area contributed by atoms with Crippen molar-refractivity contribution in [2.75, 3.05) is 6.54 Å². The second kappa shape index (κ2) is 3.24. The van der Waals surface area contributed by atoms with Crippen LogP contribution in [0.25, 0.3) is 0 Å². The zero-order valence-corrected chi connectivity index (χ0v) is 7.39. The van der Waals surface area contributed by atoms with Crippen LogP contribution in [0.4, 0.5) is 0 Å². The second-order valence-electron chi connectivity index (χ2n) is 3.57. The molecule has 0 radical (unpaired) electrons. The highest BCUT2D eigenvalue weighted by atomic mass is 16.3. The number of aliphatic hydroxyl groups is 1. The molecule has 1 aliphatic carbocycles. The van der Waals surface area contributed by atoms with Gasteiger partial charge in [0.25, 0.3) is 0 Å². The molecule has 2 rings (SSSR count). The van der Waals surface area contributed by atoms with Crippen molar-refractivity contribution < 1.29 is 9.90 Å². The molecule has 2 aliphatic rings. The Morgan fingerprint density at radius 3 is 3.23 bits per heavy atom. The molecule has 2 atom stereocenters. The number of rotatable bonds is 1. The maximum atomic E-state index is 10.7. The van der Waals surface area contributed by atoms with Gasteiger partial charge in [0.05, 0.1) is 6.04 Å². The number of carbonyl (C=O) groups excluding carboxylic acids is 1. The maximum Gasteiger partial charge on any atom is 0.210 e. The third-order valence-corrected chi connectivity index (χ3v) is 2.78. The van der Waals surface area contributed by atoms with Crippen molar-refractivity contribution in [2.24, 2.45) is 5.92 Å². The average Bonchev–Trinajstić information content (AvgIpc) is 2.17. The summed E-state index contributed by atoms with van der Waals surface area (Å²) in [5.41, 5.74) is 0. The molecule has 3 nitrogen and oxygen atoms in total. The SMILES string of the molecule is O=CN1CCCC2C=CC=C(O)C21. The van der Waals surface area contributed by atoms with Crippen LogP contribution in [-0.4, -0.2) is 29.0 Å². The third kappa shape index (κ3) is 1.34. The van der Waals surface area contributed by atoms with Crippen LogP contribution in [0.2, 0.25) is 0 Å². The highest BCUT2D eigenvalue weighted by molar-refractivity contribution is 5.50. The van der Waals surface area contributed by atoms with E-state index in [0.717, 1.165) is 25.8 Å². The quantitative estimate of drug-likeness (QED) is 0.615. The summed E-state index contributed by atoms with van der Waals surface area (Å²) in [6.45, 7) is 0.760. The molecule has 70 valence electrons. The molecule has 0 bridgehead atoms. The lowest BCUT2D eigenvalue weighted by atomic mass is 9.85. The van der Waals surface area contributed by atoms with Gasteiger partial charge in [0.15, 0.2) is 0 Å². The van der Waals surface area contributed by atoms with Crippen molar-refractivity contribution in [2.45, 2.75) is 18.9 Å². The first-order valence-corrected chi connectivity index (χ1v) is 4.61. The van der Waals surface area contributed by atoms with E-state index in [-0.39, 0.29) is 6.04 Å². The summed E-state index contributed by atoms with van der Waals surface area (Å²) in [4.78, 5) is 12.4. The molecule has 2 unspecified atom stereocenters. The Kier molecular flexibility index (Phi) is 2.08. The van der Waals surface area contributed by atoms with Gasteiger partial charge in [0.1, 0.15) is 5.76 Å². The van der Waals surface area contributed by atoms with E-state index >= 15 is 0 Å². The summed E-state index contributed by atoms with van der Waals surface area (Å²) in [6, 6.07) is -0.101. The van der Waals surface area contributed by atoms with E-state index in [4.69, 9.17) is 0 Å². The van der Waals surface area contributed by atoms with Crippen molar-refractivity contribution in [1.29, 1.82) is 0 Å². The maximum absolute atomic E-state index is 10.7. The van der Waals surface area contributed by atoms with E-state index in [1.807, 2.05) is 6.08 Å². The van der Waals surface area contributed by atoms with E-state index in [1.54, 1.807) is 11.0 Å². The topological polar surface area (TPSA) is 40.5 Å². The van der Waals surface area contributed by atoms with E-state index in [2.05, 4.69) is 6.08 Å². The van der Waals surface area contributed by atoms with Crippen LogP contribution >= 0.6 is 0 Å². The number of allylic oxidation sites excluding steroid dienone is 2. The summed E-state index contributed by atoms with van der Waals surface area (Å²) < 4.78 is 0. The Morgan fingerprint density at radius 2 is 2.46 bits per heavy atom. The highest BCUT2D eigenvalue weighted by Crippen LogP contribution is 2.30. The first-order chi connectivity index (χ1) is 6.33. The number of amides is 1. The summed E-state index contributed by atoms with van der Waals surface area (Å²) in [5, 5.41) is 9.62. The molecule has 13 heavy (non-hydrogen) atoms. The summed E-state index contributed by atoms with van der Waals surface area (Å²) >= 11 is 0. The van der Waals surface area contributed by atoms with Crippen LogP contribution in [0.1, 0.15) is 12.8 Å². The van der Waals surface area contributed by atoms with Crippen LogP contribution < -0.4 is 0 Å². The summed E-state index contributed by atoms with van der Waals surface area (Å²) in [5.74, 6) is 0.628. The predicted molar refractivity (Wildman–Crippen MR) is 49.1 cm³/mol. The van der Waals surface area contributed by atoms with Crippen molar-refractivity contribution in [3.8, 4) is 0 Å². The zero-order valence-electron chi connectivity index (χ0n) is 7.39. The molecule has 0 aromatic carbocycles. The summed E-state index contributed by atoms with van der Waals surface area (Å²) in [6.07, 6.45) is 8.52. The van der Waals surface area contributed by atoms with E-state index in [0.29, 0.717) is 11.7 Å². The standard InChI is InChI=1S/C10H13NO2/c12-7-11-6-2-4-8-3-1-5-9(13)10(8)11/h1,3,5,7-8,10,13H,2,4,6H2. The molecule has 3 heteroatoms. The van der Waals surface area contributed by atoms with Crippen molar-refractivity contribution in [3.63, 3.8) is 0 Å². The van der Waals surface area contributed by atoms with Crippen LogP contribution in [0.15, 0.2) is 24.0 Å². The van der Waals surface area contributed by atoms with E-state index in [1.165, 1.54) is 0 Å². The molecule has 0 aromatic rings. The molecule has 1 aliphatic heterocycles. The lowest BCUT2D eigenvalue weighted by Gasteiger charge is -2.38. The molecular formula is C10H13NO2. The minimum Gasteiger partial charge on any atom is -0.510 e. The minimum atomic E-state index is -0.101. The second-order valence-corrected chi connectivity index (χ2v) is 3.57. The van der Waals surface area contributed by atoms with Crippen molar-refractivity contribution in [1.82, 2.24) is 4.90 Å². The molecule has 0 spiro atoms. The van der Waals surface area contributed by atoms with Crippen LogP contribution in [0.5, 0.6) is 0 Å². The molecular weight excluding hydrogens is 166 g/mol. The molecule has 1 fully saturated rings. The Hall–Kier alpha value is -1.25. The van der Waals surface area contributed by atoms with Gasteiger partial charge in [-0.3, -0.25) is 4.79 Å². The minimum absolute atomic E-state index is 0.101. The zero-order chi connectivity index (χ0) is 9.26. The number of nitrogens with zero attached hydrogens (tertiary/aromatic N) is 1. The molecule has 1 N–H and O–H groups in total. The fourth-order valence-electron chi connectivity index (χ4n) is 2.16. The highest BCUT2D eigenvalue weighted by Gasteiger charge is 2.33. The van der Waals surface area contributed by atoms with Gasteiger partial charge in [-0.2, -0.15) is 0 Å². The summed E-state index contributed by atoms with van der Waals surface area (Å²) in [7, 11) is 0. The first-order valence-electron chi connectivity index (χ1n) is 4.61. The normalized spacial score (nSPS) is 32.3. The first kappa shape index (κ1) is 8.35. The smallest absolute Gasteiger partial charge is 0.210 e. The van der Waals surface area contributed by atoms with Gasteiger partial charge in [-0.15, -0.1) is 0 Å². The lowest BCUT2D eigenvalue weighted by molar-refractivity contribution is -0.122. The van der Waals surface area contributed by atoms with Crippen LogP contribution in [-0.2, 0) is 4.79 Å². The number of likely N-dealkylation sites (tertiary alicyclic amines) is 1. The van der Waals surface area contributed by atoms with Crippen LogP contribution in [0, 0.1) is 5.92 Å². The molecule has 0 aromatic heterocycles. The van der Waals surface area contributed by atoms with Gasteiger partial charge < -0.3 is 10.0 Å². The Balaban J connectivity index is 2.24. The van der Waals surface area contributed by atoms with Gasteiger partial charge in [0, 0.05) is 12.5 Å². The lowest BCUT2D eigenvalue weighted by Crippen LogP contribution is -2.45. The third-order valence-electron chi connectivity index (χ3n) is 2.78. The predicted octanol–water partition coefficient (Wildman–Crippen LogP) is 1.24. The van der Waals surface area contributed by atoms with Gasteiger partial charge in [-0.25, -0.2) is 0 Å². The van der Waals surface area contributed by atoms with Gasteiger partial charge in [0.2, 0.25) is 6.41 Å². The Morgan fingerprint density at radius 1 is 1.62 bits per heavy atom. The fraction of sp³-hybridized carbons (Fsp3) is 0.500. The Labute approximate surface area is 77.3 Å². The van der Waals surface area contributed by atoms with Gasteiger partial charge in [-0.1, -0.05) is 12.2 Å².